The van der Waals surface area contributed by atoms with Gasteiger partial charge in [0.15, 0.2) is 8.68 Å². The highest BCUT2D eigenvalue weighted by atomic mass is 35.5. The van der Waals surface area contributed by atoms with Gasteiger partial charge >= 0.3 is 0 Å². The normalized spacial score (nSPS) is 12.2. The molecule has 0 spiro atoms. The van der Waals surface area contributed by atoms with E-state index in [1.165, 1.54) is 23.1 Å². The summed E-state index contributed by atoms with van der Waals surface area (Å²) in [5.41, 5.74) is 0.433. The zero-order valence-electron chi connectivity index (χ0n) is 11.8. The fraction of sp³-hybridized carbons (Fsp3) is 0.308. The first-order chi connectivity index (χ1) is 10.5. The zero-order valence-corrected chi connectivity index (χ0v) is 15.8. The average molecular weight is 394 g/mol. The Kier molecular flexibility index (Phi) is 6.83. The van der Waals surface area contributed by atoms with E-state index in [0.717, 1.165) is 14.4 Å². The number of carbonyl (C=O) groups excluding carboxylic acids is 1. The molecule has 0 aliphatic heterocycles. The lowest BCUT2D eigenvalue weighted by molar-refractivity contribution is -0.115. The van der Waals surface area contributed by atoms with E-state index in [4.69, 9.17) is 23.2 Å². The van der Waals surface area contributed by atoms with Gasteiger partial charge in [0.2, 0.25) is 5.91 Å². The molecule has 0 radical (unpaired) electrons. The van der Waals surface area contributed by atoms with E-state index in [1.54, 1.807) is 36.9 Å². The summed E-state index contributed by atoms with van der Waals surface area (Å²) in [6.45, 7) is 3.86. The Hall–Kier alpha value is -0.470. The summed E-state index contributed by atoms with van der Waals surface area (Å²) >= 11 is 16.6. The van der Waals surface area contributed by atoms with Crippen LogP contribution in [-0.2, 0) is 4.79 Å². The third-order valence-corrected chi connectivity index (χ3v) is 6.27. The van der Waals surface area contributed by atoms with Gasteiger partial charge in [0.05, 0.1) is 21.0 Å². The molecule has 0 bridgehead atoms. The molecule has 1 amide bonds. The van der Waals surface area contributed by atoms with Crippen molar-refractivity contribution in [1.82, 2.24) is 10.2 Å². The van der Waals surface area contributed by atoms with Crippen molar-refractivity contribution >= 4 is 69.7 Å². The molecule has 1 heterocycles. The maximum Gasteiger partial charge on any atom is 0.237 e. The number of benzene rings is 1. The van der Waals surface area contributed by atoms with E-state index < -0.39 is 0 Å². The minimum absolute atomic E-state index is 0.181. The van der Waals surface area contributed by atoms with Crippen LogP contribution < -0.4 is 5.32 Å². The van der Waals surface area contributed by atoms with Crippen molar-refractivity contribution in [3.8, 4) is 0 Å². The van der Waals surface area contributed by atoms with Crippen molar-refractivity contribution in [3.63, 3.8) is 0 Å². The van der Waals surface area contributed by atoms with Crippen molar-refractivity contribution < 1.29 is 4.79 Å². The van der Waals surface area contributed by atoms with Crippen molar-refractivity contribution in [1.29, 1.82) is 0 Å². The second kappa shape index (κ2) is 8.40. The number of hydrogen-bond acceptors (Lipinski definition) is 6. The number of hydrogen-bond donors (Lipinski definition) is 1. The van der Waals surface area contributed by atoms with Gasteiger partial charge in [-0.25, -0.2) is 0 Å². The molecule has 22 heavy (non-hydrogen) atoms. The molecule has 118 valence electrons. The highest BCUT2D eigenvalue weighted by Gasteiger charge is 2.19. The molecule has 0 saturated carbocycles. The Bertz CT molecular complexity index is 645. The molecule has 9 heteroatoms. The highest BCUT2D eigenvalue weighted by Crippen LogP contribution is 2.33. The Morgan fingerprint density at radius 3 is 2.59 bits per heavy atom. The third-order valence-electron chi connectivity index (χ3n) is 2.51. The summed E-state index contributed by atoms with van der Waals surface area (Å²) < 4.78 is 1.68. The number of nitrogens with zero attached hydrogens (tertiary/aromatic N) is 2. The maximum atomic E-state index is 12.3. The summed E-state index contributed by atoms with van der Waals surface area (Å²) in [5.74, 6) is 0.764. The minimum Gasteiger partial charge on any atom is -0.323 e. The van der Waals surface area contributed by atoms with Crippen LogP contribution in [0.3, 0.4) is 0 Å². The van der Waals surface area contributed by atoms with Crippen LogP contribution in [0.15, 0.2) is 26.9 Å². The van der Waals surface area contributed by atoms with Crippen LogP contribution in [0.25, 0.3) is 0 Å². The highest BCUT2D eigenvalue weighted by molar-refractivity contribution is 8.03. The summed E-state index contributed by atoms with van der Waals surface area (Å²) in [6.07, 6.45) is 0. The Balaban J connectivity index is 1.99. The number of thioether (sulfide) groups is 2. The molecule has 0 aliphatic rings. The topological polar surface area (TPSA) is 54.9 Å². The Morgan fingerprint density at radius 2 is 1.95 bits per heavy atom. The number of nitrogens with one attached hydrogen (secondary N) is 1. The van der Waals surface area contributed by atoms with Gasteiger partial charge in [-0.1, -0.05) is 71.1 Å². The molecule has 2 aromatic rings. The van der Waals surface area contributed by atoms with E-state index in [1.807, 2.05) is 0 Å². The average Bonchev–Trinajstić information content (AvgIpc) is 2.90. The molecule has 1 aromatic heterocycles. The third kappa shape index (κ3) is 4.76. The van der Waals surface area contributed by atoms with Gasteiger partial charge in [0.1, 0.15) is 0 Å². The second-order valence-electron chi connectivity index (χ2n) is 4.11. The van der Waals surface area contributed by atoms with Crippen LogP contribution >= 0.6 is 58.1 Å². The van der Waals surface area contributed by atoms with Gasteiger partial charge in [0.25, 0.3) is 0 Å². The van der Waals surface area contributed by atoms with Crippen LogP contribution in [0.4, 0.5) is 5.69 Å². The van der Waals surface area contributed by atoms with Crippen LogP contribution in [0.1, 0.15) is 13.8 Å². The lowest BCUT2D eigenvalue weighted by atomic mass is 10.3. The SMILES string of the molecule is CCSc1nnc(S[C@@H](C)C(=O)Nc2c(Cl)cccc2Cl)s1. The van der Waals surface area contributed by atoms with E-state index in [2.05, 4.69) is 22.4 Å². The molecule has 1 N–H and O–H groups in total. The molecule has 2 rings (SSSR count). The lowest BCUT2D eigenvalue weighted by Crippen LogP contribution is -2.22. The van der Waals surface area contributed by atoms with Crippen LogP contribution in [0, 0.1) is 0 Å². The first-order valence-electron chi connectivity index (χ1n) is 6.39. The minimum atomic E-state index is -0.334. The first kappa shape index (κ1) is 17.9. The van der Waals surface area contributed by atoms with Crippen molar-refractivity contribution in [2.45, 2.75) is 27.8 Å². The fourth-order valence-electron chi connectivity index (χ4n) is 1.47. The molecule has 1 aromatic carbocycles. The van der Waals surface area contributed by atoms with Crippen molar-refractivity contribution in [2.75, 3.05) is 11.1 Å². The van der Waals surface area contributed by atoms with Crippen molar-refractivity contribution in [3.05, 3.63) is 28.2 Å². The first-order valence-corrected chi connectivity index (χ1v) is 9.83. The zero-order chi connectivity index (χ0) is 16.1. The second-order valence-corrected chi connectivity index (χ2v) is 9.00. The molecule has 0 unspecified atom stereocenters. The number of para-hydroxylation sites is 1. The molecule has 4 nitrogen and oxygen atoms in total. The summed E-state index contributed by atoms with van der Waals surface area (Å²) in [5, 5.41) is 11.4. The van der Waals surface area contributed by atoms with Gasteiger partial charge in [-0.15, -0.1) is 10.2 Å². The predicted molar refractivity (Wildman–Crippen MR) is 96.7 cm³/mol. The smallest absolute Gasteiger partial charge is 0.237 e. The standard InChI is InChI=1S/C13H13Cl2N3OS3/c1-3-20-12-17-18-13(22-12)21-7(2)11(19)16-10-8(14)5-4-6-9(10)15/h4-7H,3H2,1-2H3,(H,16,19)/t7-/m0/s1. The molecular formula is C13H13Cl2N3OS3. The Morgan fingerprint density at radius 1 is 1.32 bits per heavy atom. The van der Waals surface area contributed by atoms with Gasteiger partial charge in [-0.2, -0.15) is 0 Å². The maximum absolute atomic E-state index is 12.3. The van der Waals surface area contributed by atoms with E-state index >= 15 is 0 Å². The van der Waals surface area contributed by atoms with Crippen LogP contribution in [-0.4, -0.2) is 27.1 Å². The fourth-order valence-corrected chi connectivity index (χ4v) is 5.03. The molecule has 0 aliphatic carbocycles. The number of carbonyl (C=O) groups is 1. The Labute approximate surface area is 151 Å². The predicted octanol–water partition coefficient (Wildman–Crippen LogP) is 5.08. The summed E-state index contributed by atoms with van der Waals surface area (Å²) in [4.78, 5) is 12.3. The van der Waals surface area contributed by atoms with Gasteiger partial charge in [-0.3, -0.25) is 4.79 Å². The van der Waals surface area contributed by atoms with Crippen molar-refractivity contribution in [2.24, 2.45) is 0 Å². The molecular weight excluding hydrogens is 381 g/mol. The molecule has 0 fully saturated rings. The van der Waals surface area contributed by atoms with E-state index in [0.29, 0.717) is 15.7 Å². The lowest BCUT2D eigenvalue weighted by Gasteiger charge is -2.12. The van der Waals surface area contributed by atoms with Gasteiger partial charge in [0, 0.05) is 0 Å². The quantitative estimate of drug-likeness (QED) is 0.693. The monoisotopic (exact) mass is 393 g/mol. The number of anilines is 1. The summed E-state index contributed by atoms with van der Waals surface area (Å²) in [6, 6.07) is 5.09. The number of aromatic nitrogens is 2. The number of amides is 1. The number of halogens is 2. The van der Waals surface area contributed by atoms with Gasteiger partial charge in [-0.05, 0) is 24.8 Å². The molecule has 1 atom stereocenters. The van der Waals surface area contributed by atoms with E-state index in [-0.39, 0.29) is 11.2 Å². The molecule has 0 saturated heterocycles. The summed E-state index contributed by atoms with van der Waals surface area (Å²) in [7, 11) is 0. The number of rotatable bonds is 6. The van der Waals surface area contributed by atoms with Crippen LogP contribution in [0.2, 0.25) is 10.0 Å². The van der Waals surface area contributed by atoms with Crippen LogP contribution in [0.5, 0.6) is 0 Å². The largest absolute Gasteiger partial charge is 0.323 e. The van der Waals surface area contributed by atoms with E-state index in [9.17, 15) is 4.79 Å². The van der Waals surface area contributed by atoms with Gasteiger partial charge < -0.3 is 5.32 Å².